The Morgan fingerprint density at radius 2 is 1.72 bits per heavy atom. The molecule has 1 unspecified atom stereocenters. The van der Waals surface area contributed by atoms with Crippen LogP contribution in [0, 0.1) is 10.1 Å². The van der Waals surface area contributed by atoms with Gasteiger partial charge < -0.3 is 5.11 Å². The molecule has 1 atom stereocenters. The maximum absolute atomic E-state index is 13.0. The molecular weight excluding hydrogens is 348 g/mol. The van der Waals surface area contributed by atoms with E-state index in [9.17, 15) is 28.4 Å². The molecular formula is C16H16N2O6S. The van der Waals surface area contributed by atoms with Crippen LogP contribution in [0.4, 0.5) is 5.69 Å². The smallest absolute Gasteiger partial charge is 0.321 e. The topological polar surface area (TPSA) is 118 Å². The Balaban J connectivity index is 2.56. The van der Waals surface area contributed by atoms with Crippen molar-refractivity contribution in [1.29, 1.82) is 0 Å². The summed E-state index contributed by atoms with van der Waals surface area (Å²) in [5, 5.41) is 20.4. The summed E-state index contributed by atoms with van der Waals surface area (Å²) in [4.78, 5) is 21.2. The molecule has 0 aliphatic carbocycles. The van der Waals surface area contributed by atoms with Crippen LogP contribution >= 0.6 is 0 Å². The molecule has 2 rings (SSSR count). The van der Waals surface area contributed by atoms with Crippen LogP contribution in [0.3, 0.4) is 0 Å². The van der Waals surface area contributed by atoms with E-state index in [4.69, 9.17) is 0 Å². The molecule has 0 spiro atoms. The van der Waals surface area contributed by atoms with Crippen molar-refractivity contribution in [3.8, 4) is 0 Å². The number of carbonyl (C=O) groups is 1. The number of benzene rings is 2. The second-order valence-electron chi connectivity index (χ2n) is 5.27. The number of para-hydroxylation sites is 1. The van der Waals surface area contributed by atoms with Crippen molar-refractivity contribution in [2.75, 3.05) is 0 Å². The van der Waals surface area contributed by atoms with Crippen molar-refractivity contribution in [1.82, 2.24) is 4.31 Å². The van der Waals surface area contributed by atoms with Gasteiger partial charge >= 0.3 is 5.97 Å². The lowest BCUT2D eigenvalue weighted by Gasteiger charge is -2.25. The van der Waals surface area contributed by atoms with Crippen molar-refractivity contribution in [3.63, 3.8) is 0 Å². The fourth-order valence-corrected chi connectivity index (χ4v) is 4.00. The van der Waals surface area contributed by atoms with E-state index in [1.165, 1.54) is 19.1 Å². The minimum absolute atomic E-state index is 0.220. The highest BCUT2D eigenvalue weighted by Crippen LogP contribution is 2.28. The molecule has 1 N–H and O–H groups in total. The fourth-order valence-electron chi connectivity index (χ4n) is 2.27. The molecule has 132 valence electrons. The minimum Gasteiger partial charge on any atom is -0.480 e. The number of rotatable bonds is 7. The zero-order chi connectivity index (χ0) is 18.6. The molecule has 0 fully saturated rings. The Bertz CT molecular complexity index is 883. The van der Waals surface area contributed by atoms with Crippen molar-refractivity contribution < 1.29 is 23.2 Å². The van der Waals surface area contributed by atoms with Crippen molar-refractivity contribution in [2.45, 2.75) is 24.4 Å². The van der Waals surface area contributed by atoms with Gasteiger partial charge in [-0.05, 0) is 18.6 Å². The van der Waals surface area contributed by atoms with E-state index < -0.39 is 37.5 Å². The molecule has 8 nitrogen and oxygen atoms in total. The first-order chi connectivity index (χ1) is 11.7. The predicted molar refractivity (Wildman–Crippen MR) is 89.4 cm³/mol. The molecule has 2 aromatic carbocycles. The van der Waals surface area contributed by atoms with Gasteiger partial charge in [0.2, 0.25) is 0 Å². The average Bonchev–Trinajstić information content (AvgIpc) is 2.59. The van der Waals surface area contributed by atoms with Gasteiger partial charge in [-0.1, -0.05) is 42.5 Å². The number of nitro benzene ring substituents is 1. The lowest BCUT2D eigenvalue weighted by molar-refractivity contribution is -0.387. The molecule has 0 aliphatic heterocycles. The third-order valence-corrected chi connectivity index (χ3v) is 5.58. The Labute approximate surface area is 144 Å². The molecule has 0 aromatic heterocycles. The summed E-state index contributed by atoms with van der Waals surface area (Å²) in [5.41, 5.74) is -0.0316. The van der Waals surface area contributed by atoms with Gasteiger partial charge in [0.25, 0.3) is 15.7 Å². The van der Waals surface area contributed by atoms with Crippen LogP contribution < -0.4 is 0 Å². The fraction of sp³-hybridized carbons (Fsp3) is 0.188. The minimum atomic E-state index is -4.41. The highest BCUT2D eigenvalue weighted by atomic mass is 32.2. The quantitative estimate of drug-likeness (QED) is 0.595. The normalized spacial score (nSPS) is 12.7. The number of nitro groups is 1. The van der Waals surface area contributed by atoms with Crippen LogP contribution in [0.15, 0.2) is 59.5 Å². The van der Waals surface area contributed by atoms with Gasteiger partial charge in [0.1, 0.15) is 6.04 Å². The van der Waals surface area contributed by atoms with Gasteiger partial charge in [0, 0.05) is 12.6 Å². The number of sulfonamides is 1. The van der Waals surface area contributed by atoms with Gasteiger partial charge in [-0.3, -0.25) is 14.9 Å². The maximum atomic E-state index is 13.0. The van der Waals surface area contributed by atoms with Crippen molar-refractivity contribution >= 4 is 21.7 Å². The number of carboxylic acid groups (broad SMARTS) is 1. The lowest BCUT2D eigenvalue weighted by Crippen LogP contribution is -2.42. The van der Waals surface area contributed by atoms with E-state index >= 15 is 0 Å². The average molecular weight is 364 g/mol. The number of carboxylic acids is 1. The third-order valence-electron chi connectivity index (χ3n) is 3.62. The molecule has 9 heteroatoms. The number of hydrogen-bond donors (Lipinski definition) is 1. The first-order valence-corrected chi connectivity index (χ1v) is 8.71. The van der Waals surface area contributed by atoms with Gasteiger partial charge in [0.05, 0.1) is 4.92 Å². The van der Waals surface area contributed by atoms with Crippen LogP contribution in [-0.4, -0.2) is 34.8 Å². The summed E-state index contributed by atoms with van der Waals surface area (Å²) in [6.45, 7) is 1.00. The number of hydrogen-bond acceptors (Lipinski definition) is 5. The van der Waals surface area contributed by atoms with Crippen LogP contribution in [0.25, 0.3) is 0 Å². The van der Waals surface area contributed by atoms with E-state index in [-0.39, 0.29) is 6.54 Å². The summed E-state index contributed by atoms with van der Waals surface area (Å²) in [5.74, 6) is -1.35. The van der Waals surface area contributed by atoms with Crippen molar-refractivity contribution in [2.24, 2.45) is 0 Å². The van der Waals surface area contributed by atoms with E-state index in [2.05, 4.69) is 0 Å². The molecule has 0 saturated heterocycles. The van der Waals surface area contributed by atoms with Crippen LogP contribution in [-0.2, 0) is 21.4 Å². The molecule has 0 amide bonds. The molecule has 25 heavy (non-hydrogen) atoms. The summed E-state index contributed by atoms with van der Waals surface area (Å²) in [6.07, 6.45) is 0. The number of aliphatic carboxylic acids is 1. The molecule has 2 aromatic rings. The molecule has 0 radical (unpaired) electrons. The van der Waals surface area contributed by atoms with E-state index in [1.54, 1.807) is 30.3 Å². The van der Waals surface area contributed by atoms with Crippen molar-refractivity contribution in [3.05, 3.63) is 70.3 Å². The van der Waals surface area contributed by atoms with Crippen LogP contribution in [0.1, 0.15) is 12.5 Å². The zero-order valence-corrected chi connectivity index (χ0v) is 14.1. The van der Waals surface area contributed by atoms with Gasteiger partial charge in [-0.15, -0.1) is 0 Å². The SMILES string of the molecule is CC(C(=O)O)N(Cc1ccccc1)S(=O)(=O)c1ccccc1[N+](=O)[O-]. The Morgan fingerprint density at radius 1 is 1.16 bits per heavy atom. The summed E-state index contributed by atoms with van der Waals surface area (Å²) < 4.78 is 26.7. The lowest BCUT2D eigenvalue weighted by atomic mass is 10.2. The summed E-state index contributed by atoms with van der Waals surface area (Å²) >= 11 is 0. The van der Waals surface area contributed by atoms with E-state index in [1.807, 2.05) is 0 Å². The monoisotopic (exact) mass is 364 g/mol. The first-order valence-electron chi connectivity index (χ1n) is 7.27. The largest absolute Gasteiger partial charge is 0.480 e. The Hall–Kier alpha value is -2.78. The standard InChI is InChI=1S/C16H16N2O6S/c1-12(16(19)20)17(11-13-7-3-2-4-8-13)25(23,24)15-10-6-5-9-14(15)18(21)22/h2-10,12H,11H2,1H3,(H,19,20). The molecule has 0 saturated carbocycles. The highest BCUT2D eigenvalue weighted by molar-refractivity contribution is 7.89. The van der Waals surface area contributed by atoms with Gasteiger partial charge in [-0.25, -0.2) is 8.42 Å². The Kier molecular flexibility index (Phi) is 5.50. The van der Waals surface area contributed by atoms with Crippen LogP contribution in [0.5, 0.6) is 0 Å². The third kappa shape index (κ3) is 4.01. The zero-order valence-electron chi connectivity index (χ0n) is 13.3. The Morgan fingerprint density at radius 3 is 2.28 bits per heavy atom. The highest BCUT2D eigenvalue weighted by Gasteiger charge is 2.37. The van der Waals surface area contributed by atoms with Gasteiger partial charge in [0.15, 0.2) is 4.90 Å². The van der Waals surface area contributed by atoms with Gasteiger partial charge in [-0.2, -0.15) is 4.31 Å². The molecule has 0 bridgehead atoms. The predicted octanol–water partition coefficient (Wildman–Crippen LogP) is 2.26. The van der Waals surface area contributed by atoms with Crippen LogP contribution in [0.2, 0.25) is 0 Å². The number of nitrogens with zero attached hydrogens (tertiary/aromatic N) is 2. The second kappa shape index (κ2) is 7.41. The second-order valence-corrected chi connectivity index (χ2v) is 7.13. The molecule has 0 heterocycles. The van der Waals surface area contributed by atoms with E-state index in [0.29, 0.717) is 5.56 Å². The first kappa shape index (κ1) is 18.6. The maximum Gasteiger partial charge on any atom is 0.321 e. The van der Waals surface area contributed by atoms with E-state index in [0.717, 1.165) is 16.4 Å². The summed E-state index contributed by atoms with van der Waals surface area (Å²) in [6, 6.07) is 11.9. The molecule has 0 aliphatic rings. The summed E-state index contributed by atoms with van der Waals surface area (Å²) in [7, 11) is -4.41.